The number of nitrogens with zero attached hydrogens (tertiary/aromatic N) is 1. The summed E-state index contributed by atoms with van der Waals surface area (Å²) in [4.78, 5) is 15.3. The van der Waals surface area contributed by atoms with E-state index in [-0.39, 0.29) is 12.2 Å². The van der Waals surface area contributed by atoms with Crippen LogP contribution in [0.2, 0.25) is 0 Å². The zero-order valence-electron chi connectivity index (χ0n) is 13.2. The minimum atomic E-state index is -4.55. The Morgan fingerprint density at radius 1 is 1.22 bits per heavy atom. The third kappa shape index (κ3) is 6.43. The van der Waals surface area contributed by atoms with E-state index in [1.807, 2.05) is 13.8 Å². The molecule has 0 aliphatic heterocycles. The van der Waals surface area contributed by atoms with Gasteiger partial charge in [-0.3, -0.25) is 15.6 Å². The summed E-state index contributed by atoms with van der Waals surface area (Å²) in [5.74, 6) is -0.628. The number of alkyl halides is 3. The molecule has 1 heterocycles. The van der Waals surface area contributed by atoms with Crippen molar-refractivity contribution >= 4 is 11.7 Å². The summed E-state index contributed by atoms with van der Waals surface area (Å²) < 4.78 is 37.6. The maximum atomic E-state index is 12.5. The minimum absolute atomic E-state index is 0.123. The molecule has 0 aliphatic rings. The monoisotopic (exact) mass is 333 g/mol. The maximum absolute atomic E-state index is 12.5. The Hall–Kier alpha value is -1.83. The Labute approximate surface area is 133 Å². The van der Waals surface area contributed by atoms with Crippen molar-refractivity contribution in [1.82, 2.24) is 10.4 Å². The van der Waals surface area contributed by atoms with E-state index in [1.165, 1.54) is 12.1 Å². The van der Waals surface area contributed by atoms with Gasteiger partial charge in [-0.2, -0.15) is 13.2 Å². The number of carbonyl (C=O) groups excluding carboxylic acids is 1. The van der Waals surface area contributed by atoms with Gasteiger partial charge in [0.15, 0.2) is 0 Å². The molecule has 0 radical (unpaired) electrons. The lowest BCUT2D eigenvalue weighted by Crippen LogP contribution is -2.39. The number of hydrazine groups is 1. The summed E-state index contributed by atoms with van der Waals surface area (Å²) in [5, 5.41) is 10.4. The van der Waals surface area contributed by atoms with Crippen molar-refractivity contribution in [1.29, 1.82) is 0 Å². The molecule has 0 atom stereocenters. The van der Waals surface area contributed by atoms with Crippen LogP contribution in [0.4, 0.5) is 19.0 Å². The van der Waals surface area contributed by atoms with Crippen LogP contribution in [-0.2, 0) is 11.0 Å². The SMILES string of the molecule is CCCC(O)(CCC)CC(=O)NNc1cccc(C(F)(F)F)n1. The fraction of sp³-hybridized carbons (Fsp3) is 0.600. The van der Waals surface area contributed by atoms with E-state index >= 15 is 0 Å². The summed E-state index contributed by atoms with van der Waals surface area (Å²) in [5.41, 5.74) is 2.46. The molecule has 0 fully saturated rings. The lowest BCUT2D eigenvalue weighted by Gasteiger charge is -2.26. The Kier molecular flexibility index (Phi) is 6.80. The van der Waals surface area contributed by atoms with Gasteiger partial charge >= 0.3 is 6.18 Å². The molecule has 0 spiro atoms. The van der Waals surface area contributed by atoms with Crippen LogP contribution in [0.15, 0.2) is 18.2 Å². The fourth-order valence-corrected chi connectivity index (χ4v) is 2.37. The molecule has 0 saturated heterocycles. The molecule has 1 aromatic rings. The highest BCUT2D eigenvalue weighted by atomic mass is 19.4. The fourth-order valence-electron chi connectivity index (χ4n) is 2.37. The number of rotatable bonds is 8. The molecule has 0 bridgehead atoms. The van der Waals surface area contributed by atoms with Gasteiger partial charge in [0.2, 0.25) is 5.91 Å². The zero-order chi connectivity index (χ0) is 17.5. The molecular weight excluding hydrogens is 311 g/mol. The second-order valence-corrected chi connectivity index (χ2v) is 5.48. The van der Waals surface area contributed by atoms with Gasteiger partial charge in [0.1, 0.15) is 11.5 Å². The van der Waals surface area contributed by atoms with Crippen molar-refractivity contribution in [3.8, 4) is 0 Å². The molecule has 1 amide bonds. The van der Waals surface area contributed by atoms with E-state index in [0.717, 1.165) is 18.9 Å². The van der Waals surface area contributed by atoms with Crippen LogP contribution < -0.4 is 10.9 Å². The van der Waals surface area contributed by atoms with E-state index < -0.39 is 23.4 Å². The molecule has 0 saturated carbocycles. The minimum Gasteiger partial charge on any atom is -0.389 e. The summed E-state index contributed by atoms with van der Waals surface area (Å²) in [7, 11) is 0. The van der Waals surface area contributed by atoms with Crippen LogP contribution in [0.5, 0.6) is 0 Å². The van der Waals surface area contributed by atoms with Gasteiger partial charge in [-0.15, -0.1) is 0 Å². The third-order valence-electron chi connectivity index (χ3n) is 3.29. The molecule has 5 nitrogen and oxygen atoms in total. The van der Waals surface area contributed by atoms with E-state index in [0.29, 0.717) is 12.8 Å². The smallest absolute Gasteiger partial charge is 0.389 e. The summed E-state index contributed by atoms with van der Waals surface area (Å²) >= 11 is 0. The second kappa shape index (κ2) is 8.14. The Morgan fingerprint density at radius 3 is 2.35 bits per heavy atom. The van der Waals surface area contributed by atoms with Crippen LogP contribution in [0.1, 0.15) is 51.6 Å². The van der Waals surface area contributed by atoms with Crippen molar-refractivity contribution in [2.45, 2.75) is 57.7 Å². The molecule has 0 aliphatic carbocycles. The molecule has 23 heavy (non-hydrogen) atoms. The Balaban J connectivity index is 2.62. The lowest BCUT2D eigenvalue weighted by molar-refractivity contribution is -0.141. The molecule has 0 aromatic carbocycles. The van der Waals surface area contributed by atoms with Crippen LogP contribution in [0.3, 0.4) is 0 Å². The summed E-state index contributed by atoms with van der Waals surface area (Å²) in [6.07, 6.45) is -2.25. The highest BCUT2D eigenvalue weighted by Gasteiger charge is 2.32. The number of nitrogens with one attached hydrogen (secondary N) is 2. The topological polar surface area (TPSA) is 74.2 Å². The number of hydrogen-bond donors (Lipinski definition) is 3. The average molecular weight is 333 g/mol. The van der Waals surface area contributed by atoms with Gasteiger partial charge in [0.05, 0.1) is 12.0 Å². The zero-order valence-corrected chi connectivity index (χ0v) is 13.2. The number of hydrogen-bond acceptors (Lipinski definition) is 4. The van der Waals surface area contributed by atoms with Crippen molar-refractivity contribution in [2.75, 3.05) is 5.43 Å². The quantitative estimate of drug-likeness (QED) is 0.638. The first-order chi connectivity index (χ1) is 10.7. The normalized spacial score (nSPS) is 12.1. The Morgan fingerprint density at radius 2 is 1.83 bits per heavy atom. The maximum Gasteiger partial charge on any atom is 0.433 e. The molecule has 3 N–H and O–H groups in total. The van der Waals surface area contributed by atoms with Gasteiger partial charge in [0.25, 0.3) is 0 Å². The van der Waals surface area contributed by atoms with E-state index in [4.69, 9.17) is 0 Å². The standard InChI is InChI=1S/C15H22F3N3O2/c1-3-8-14(23,9-4-2)10-13(22)21-20-12-7-5-6-11(19-12)15(16,17)18/h5-7,23H,3-4,8-10H2,1-2H3,(H,19,20)(H,21,22). The average Bonchev–Trinajstić information content (AvgIpc) is 2.45. The predicted octanol–water partition coefficient (Wildman–Crippen LogP) is 3.26. The summed E-state index contributed by atoms with van der Waals surface area (Å²) in [6.45, 7) is 3.81. The molecule has 0 unspecified atom stereocenters. The third-order valence-corrected chi connectivity index (χ3v) is 3.29. The largest absolute Gasteiger partial charge is 0.433 e. The van der Waals surface area contributed by atoms with Crippen LogP contribution in [-0.4, -0.2) is 21.6 Å². The predicted molar refractivity (Wildman–Crippen MR) is 80.4 cm³/mol. The van der Waals surface area contributed by atoms with Crippen molar-refractivity contribution < 1.29 is 23.1 Å². The first-order valence-electron chi connectivity index (χ1n) is 7.51. The first kappa shape index (κ1) is 19.2. The molecule has 8 heteroatoms. The van der Waals surface area contributed by atoms with E-state index in [1.54, 1.807) is 0 Å². The number of halogens is 3. The van der Waals surface area contributed by atoms with Gasteiger partial charge in [-0.1, -0.05) is 32.8 Å². The van der Waals surface area contributed by atoms with Gasteiger partial charge in [-0.05, 0) is 25.0 Å². The molecular formula is C15H22F3N3O2. The van der Waals surface area contributed by atoms with Gasteiger partial charge in [-0.25, -0.2) is 4.98 Å². The molecule has 1 aromatic heterocycles. The van der Waals surface area contributed by atoms with Crippen LogP contribution in [0.25, 0.3) is 0 Å². The number of aliphatic hydroxyl groups is 1. The van der Waals surface area contributed by atoms with E-state index in [9.17, 15) is 23.1 Å². The molecule has 1 rings (SSSR count). The van der Waals surface area contributed by atoms with Crippen LogP contribution in [0, 0.1) is 0 Å². The van der Waals surface area contributed by atoms with Crippen molar-refractivity contribution in [3.05, 3.63) is 23.9 Å². The Bertz CT molecular complexity index is 515. The first-order valence-corrected chi connectivity index (χ1v) is 7.51. The highest BCUT2D eigenvalue weighted by molar-refractivity contribution is 5.78. The lowest BCUT2D eigenvalue weighted by atomic mass is 9.89. The van der Waals surface area contributed by atoms with Gasteiger partial charge < -0.3 is 5.11 Å². The molecule has 130 valence electrons. The number of pyridine rings is 1. The van der Waals surface area contributed by atoms with Crippen molar-refractivity contribution in [3.63, 3.8) is 0 Å². The number of aromatic nitrogens is 1. The number of carbonyl (C=O) groups is 1. The van der Waals surface area contributed by atoms with Gasteiger partial charge in [0, 0.05) is 0 Å². The second-order valence-electron chi connectivity index (χ2n) is 5.48. The highest BCUT2D eigenvalue weighted by Crippen LogP contribution is 2.28. The summed E-state index contributed by atoms with van der Waals surface area (Å²) in [6, 6.07) is 3.34. The number of amides is 1. The van der Waals surface area contributed by atoms with Crippen LogP contribution >= 0.6 is 0 Å². The van der Waals surface area contributed by atoms with E-state index in [2.05, 4.69) is 15.8 Å². The number of anilines is 1. The van der Waals surface area contributed by atoms with Crippen molar-refractivity contribution in [2.24, 2.45) is 0 Å².